The third-order valence-electron chi connectivity index (χ3n) is 2.20. The van der Waals surface area contributed by atoms with Crippen LogP contribution >= 0.6 is 0 Å². The lowest BCUT2D eigenvalue weighted by atomic mass is 10.2. The van der Waals surface area contributed by atoms with E-state index in [1.54, 1.807) is 18.7 Å². The molecule has 5 nitrogen and oxygen atoms in total. The first-order valence-electron chi connectivity index (χ1n) is 5.07. The van der Waals surface area contributed by atoms with Gasteiger partial charge in [0.25, 0.3) is 0 Å². The highest BCUT2D eigenvalue weighted by Crippen LogP contribution is 2.03. The molecule has 84 valence electrons. The third kappa shape index (κ3) is 2.50. The minimum absolute atomic E-state index is 0.0149. The molecule has 0 radical (unpaired) electrons. The Morgan fingerprint density at radius 3 is 3.19 bits per heavy atom. The largest absolute Gasteiger partial charge is 0.469 e. The number of furan rings is 1. The summed E-state index contributed by atoms with van der Waals surface area (Å²) in [5.41, 5.74) is 0. The van der Waals surface area contributed by atoms with Gasteiger partial charge >= 0.3 is 6.03 Å². The lowest BCUT2D eigenvalue weighted by Gasteiger charge is -2.12. The summed E-state index contributed by atoms with van der Waals surface area (Å²) in [7, 11) is 0. The van der Waals surface area contributed by atoms with Crippen molar-refractivity contribution >= 4 is 6.03 Å². The molecule has 1 atom stereocenters. The smallest absolute Gasteiger partial charge is 0.327 e. The van der Waals surface area contributed by atoms with E-state index in [4.69, 9.17) is 4.42 Å². The summed E-state index contributed by atoms with van der Waals surface area (Å²) < 4.78 is 6.61. The maximum atomic E-state index is 11.6. The highest BCUT2D eigenvalue weighted by Gasteiger charge is 2.10. The Hall–Kier alpha value is -2.04. The van der Waals surface area contributed by atoms with E-state index in [-0.39, 0.29) is 12.1 Å². The molecular formula is C11H13N3O2. The van der Waals surface area contributed by atoms with Crippen molar-refractivity contribution in [1.29, 1.82) is 0 Å². The number of imidazole rings is 1. The van der Waals surface area contributed by atoms with Gasteiger partial charge in [0.05, 0.1) is 6.26 Å². The molecule has 0 aliphatic rings. The summed E-state index contributed by atoms with van der Waals surface area (Å²) in [6.07, 6.45) is 6.94. The van der Waals surface area contributed by atoms with E-state index in [1.165, 1.54) is 10.9 Å². The molecule has 1 N–H and O–H groups in total. The molecule has 2 rings (SSSR count). The van der Waals surface area contributed by atoms with Crippen LogP contribution in [0.4, 0.5) is 4.79 Å². The molecule has 0 saturated heterocycles. The first kappa shape index (κ1) is 10.5. The zero-order chi connectivity index (χ0) is 11.4. The van der Waals surface area contributed by atoms with Crippen molar-refractivity contribution in [1.82, 2.24) is 14.9 Å². The van der Waals surface area contributed by atoms with Crippen LogP contribution in [0.5, 0.6) is 0 Å². The topological polar surface area (TPSA) is 60.1 Å². The standard InChI is InChI=1S/C11H13N3O2/c1-9(7-10-3-2-6-16-10)13-11(15)14-5-4-12-8-14/h2-6,8-9H,7H2,1H3,(H,13,15). The summed E-state index contributed by atoms with van der Waals surface area (Å²) in [6, 6.07) is 3.55. The van der Waals surface area contributed by atoms with Crippen LogP contribution < -0.4 is 5.32 Å². The highest BCUT2D eigenvalue weighted by atomic mass is 16.3. The van der Waals surface area contributed by atoms with Crippen molar-refractivity contribution in [3.05, 3.63) is 42.9 Å². The van der Waals surface area contributed by atoms with Crippen molar-refractivity contribution in [2.75, 3.05) is 0 Å². The molecule has 0 bridgehead atoms. The Labute approximate surface area is 93.1 Å². The van der Waals surface area contributed by atoms with Gasteiger partial charge in [-0.1, -0.05) is 0 Å². The summed E-state index contributed by atoms with van der Waals surface area (Å²) in [4.78, 5) is 15.4. The van der Waals surface area contributed by atoms with Crippen molar-refractivity contribution in [2.24, 2.45) is 0 Å². The number of nitrogens with zero attached hydrogens (tertiary/aromatic N) is 2. The Kier molecular flexibility index (Phi) is 3.05. The second kappa shape index (κ2) is 4.65. The molecule has 2 aromatic heterocycles. The van der Waals surface area contributed by atoms with Gasteiger partial charge in [0, 0.05) is 24.9 Å². The number of hydrogen-bond acceptors (Lipinski definition) is 3. The molecule has 0 fully saturated rings. The molecule has 0 aliphatic heterocycles. The molecule has 16 heavy (non-hydrogen) atoms. The molecular weight excluding hydrogens is 206 g/mol. The minimum Gasteiger partial charge on any atom is -0.469 e. The second-order valence-corrected chi connectivity index (χ2v) is 3.60. The van der Waals surface area contributed by atoms with Crippen LogP contribution in [-0.4, -0.2) is 21.6 Å². The van der Waals surface area contributed by atoms with E-state index in [1.807, 2.05) is 19.1 Å². The van der Waals surface area contributed by atoms with E-state index in [0.717, 1.165) is 5.76 Å². The number of amides is 1. The van der Waals surface area contributed by atoms with Crippen LogP contribution in [0.3, 0.4) is 0 Å². The molecule has 2 heterocycles. The average molecular weight is 219 g/mol. The van der Waals surface area contributed by atoms with Gasteiger partial charge in [-0.3, -0.25) is 4.57 Å². The lowest BCUT2D eigenvalue weighted by molar-refractivity contribution is 0.239. The van der Waals surface area contributed by atoms with Crippen LogP contribution in [0.15, 0.2) is 41.5 Å². The minimum atomic E-state index is -0.184. The molecule has 5 heteroatoms. The fourth-order valence-corrected chi connectivity index (χ4v) is 1.45. The Bertz CT molecular complexity index is 434. The van der Waals surface area contributed by atoms with Crippen molar-refractivity contribution in [2.45, 2.75) is 19.4 Å². The molecule has 0 aliphatic carbocycles. The van der Waals surface area contributed by atoms with Gasteiger partial charge in [-0.25, -0.2) is 9.78 Å². The summed E-state index contributed by atoms with van der Waals surface area (Å²) in [5, 5.41) is 2.84. The zero-order valence-electron chi connectivity index (χ0n) is 8.96. The quantitative estimate of drug-likeness (QED) is 0.854. The fraction of sp³-hybridized carbons (Fsp3) is 0.273. The van der Waals surface area contributed by atoms with E-state index < -0.39 is 0 Å². The zero-order valence-corrected chi connectivity index (χ0v) is 8.96. The first-order valence-corrected chi connectivity index (χ1v) is 5.07. The van der Waals surface area contributed by atoms with Gasteiger partial charge in [-0.2, -0.15) is 0 Å². The van der Waals surface area contributed by atoms with Crippen molar-refractivity contribution in [3.8, 4) is 0 Å². The Balaban J connectivity index is 1.88. The number of rotatable bonds is 3. The highest BCUT2D eigenvalue weighted by molar-refractivity contribution is 5.76. The molecule has 0 aromatic carbocycles. The monoisotopic (exact) mass is 219 g/mol. The van der Waals surface area contributed by atoms with Crippen molar-refractivity contribution in [3.63, 3.8) is 0 Å². The number of hydrogen-bond donors (Lipinski definition) is 1. The molecule has 0 spiro atoms. The average Bonchev–Trinajstić information content (AvgIpc) is 2.88. The fourth-order valence-electron chi connectivity index (χ4n) is 1.45. The lowest BCUT2D eigenvalue weighted by Crippen LogP contribution is -2.36. The second-order valence-electron chi connectivity index (χ2n) is 3.60. The predicted octanol–water partition coefficient (Wildman–Crippen LogP) is 1.66. The van der Waals surface area contributed by atoms with Gasteiger partial charge < -0.3 is 9.73 Å². The van der Waals surface area contributed by atoms with Crippen LogP contribution in [0, 0.1) is 0 Å². The maximum Gasteiger partial charge on any atom is 0.327 e. The van der Waals surface area contributed by atoms with Gasteiger partial charge in [0.15, 0.2) is 0 Å². The Morgan fingerprint density at radius 1 is 1.69 bits per heavy atom. The first-order chi connectivity index (χ1) is 7.75. The van der Waals surface area contributed by atoms with E-state index >= 15 is 0 Å². The number of carbonyl (C=O) groups is 1. The van der Waals surface area contributed by atoms with Crippen molar-refractivity contribution < 1.29 is 9.21 Å². The number of aromatic nitrogens is 2. The van der Waals surface area contributed by atoms with Gasteiger partial charge in [0.2, 0.25) is 0 Å². The molecule has 0 saturated carbocycles. The predicted molar refractivity (Wildman–Crippen MR) is 58.0 cm³/mol. The van der Waals surface area contributed by atoms with Gasteiger partial charge in [-0.15, -0.1) is 0 Å². The van der Waals surface area contributed by atoms with Crippen LogP contribution in [0.25, 0.3) is 0 Å². The Morgan fingerprint density at radius 2 is 2.56 bits per heavy atom. The summed E-state index contributed by atoms with van der Waals surface area (Å²) in [5.74, 6) is 0.860. The molecule has 1 unspecified atom stereocenters. The third-order valence-corrected chi connectivity index (χ3v) is 2.20. The van der Waals surface area contributed by atoms with E-state index in [2.05, 4.69) is 10.3 Å². The van der Waals surface area contributed by atoms with Gasteiger partial charge in [-0.05, 0) is 19.1 Å². The van der Waals surface area contributed by atoms with E-state index in [9.17, 15) is 4.79 Å². The van der Waals surface area contributed by atoms with Gasteiger partial charge in [0.1, 0.15) is 12.1 Å². The van der Waals surface area contributed by atoms with Crippen LogP contribution in [0.2, 0.25) is 0 Å². The molecule has 2 aromatic rings. The van der Waals surface area contributed by atoms with E-state index in [0.29, 0.717) is 6.42 Å². The maximum absolute atomic E-state index is 11.6. The molecule has 1 amide bonds. The van der Waals surface area contributed by atoms with Crippen LogP contribution in [0.1, 0.15) is 12.7 Å². The number of carbonyl (C=O) groups excluding carboxylic acids is 1. The summed E-state index contributed by atoms with van der Waals surface area (Å²) >= 11 is 0. The SMILES string of the molecule is CC(Cc1ccco1)NC(=O)n1ccnc1. The van der Waals surface area contributed by atoms with Crippen LogP contribution in [-0.2, 0) is 6.42 Å². The normalized spacial score (nSPS) is 12.3. The number of nitrogens with one attached hydrogen (secondary N) is 1. The summed E-state index contributed by atoms with van der Waals surface area (Å²) in [6.45, 7) is 1.93.